The highest BCUT2D eigenvalue weighted by Crippen LogP contribution is 2.26. The van der Waals surface area contributed by atoms with Crippen LogP contribution in [0.4, 0.5) is 0 Å². The normalized spacial score (nSPS) is 12.3. The van der Waals surface area contributed by atoms with Crippen LogP contribution < -0.4 is 5.32 Å². The van der Waals surface area contributed by atoms with Crippen molar-refractivity contribution in [3.8, 4) is 0 Å². The van der Waals surface area contributed by atoms with Crippen LogP contribution >= 0.6 is 11.6 Å². The summed E-state index contributed by atoms with van der Waals surface area (Å²) in [7, 11) is 0. The molecule has 0 aliphatic carbocycles. The van der Waals surface area contributed by atoms with Gasteiger partial charge in [-0.3, -0.25) is 4.79 Å². The van der Waals surface area contributed by atoms with Crippen LogP contribution in [0.15, 0.2) is 12.1 Å². The van der Waals surface area contributed by atoms with Gasteiger partial charge >= 0.3 is 0 Å². The molecule has 88 valence electrons. The second-order valence-corrected chi connectivity index (χ2v) is 4.49. The number of carbonyl (C=O) groups is 1. The summed E-state index contributed by atoms with van der Waals surface area (Å²) in [5.74, 6) is -0.129. The van der Waals surface area contributed by atoms with Gasteiger partial charge in [0.05, 0.1) is 0 Å². The minimum absolute atomic E-state index is 0.129. The average Bonchev–Trinajstić information content (AvgIpc) is 2.23. The van der Waals surface area contributed by atoms with E-state index in [9.17, 15) is 4.79 Å². The first-order valence-electron chi connectivity index (χ1n) is 5.47. The lowest BCUT2D eigenvalue weighted by atomic mass is 9.98. The zero-order valence-corrected chi connectivity index (χ0v) is 11.0. The molecule has 0 saturated heterocycles. The van der Waals surface area contributed by atoms with Gasteiger partial charge in [0.25, 0.3) is 0 Å². The maximum atomic E-state index is 11.6. The van der Waals surface area contributed by atoms with E-state index in [2.05, 4.69) is 18.3 Å². The number of carbonyl (C=O) groups excluding carboxylic acids is 1. The minimum atomic E-state index is -0.598. The van der Waals surface area contributed by atoms with Crippen molar-refractivity contribution in [1.82, 2.24) is 5.32 Å². The van der Waals surface area contributed by atoms with Crippen LogP contribution in [0.5, 0.6) is 0 Å². The molecular weight excluding hydrogens is 222 g/mol. The number of alkyl halides is 1. The molecule has 0 aliphatic rings. The van der Waals surface area contributed by atoms with Crippen molar-refractivity contribution in [2.45, 2.75) is 33.1 Å². The summed E-state index contributed by atoms with van der Waals surface area (Å²) in [6.45, 7) is 8.55. The first-order chi connectivity index (χ1) is 7.47. The Bertz CT molecular complexity index is 401. The van der Waals surface area contributed by atoms with E-state index >= 15 is 0 Å². The molecule has 1 unspecified atom stereocenters. The van der Waals surface area contributed by atoms with Crippen LogP contribution in [0.1, 0.15) is 34.6 Å². The van der Waals surface area contributed by atoms with Crippen LogP contribution in [0, 0.1) is 20.8 Å². The van der Waals surface area contributed by atoms with Gasteiger partial charge in [0, 0.05) is 6.54 Å². The number of nitrogens with one attached hydrogen (secondary N) is 1. The molecule has 1 amide bonds. The Kier molecular flexibility index (Phi) is 4.36. The zero-order valence-electron chi connectivity index (χ0n) is 10.2. The Morgan fingerprint density at radius 3 is 2.38 bits per heavy atom. The summed E-state index contributed by atoms with van der Waals surface area (Å²) in [4.78, 5) is 11.6. The molecule has 0 bridgehead atoms. The Hall–Kier alpha value is -1.02. The van der Waals surface area contributed by atoms with E-state index in [4.69, 9.17) is 11.6 Å². The van der Waals surface area contributed by atoms with Crippen LogP contribution in [0.25, 0.3) is 0 Å². The molecule has 1 aromatic carbocycles. The van der Waals surface area contributed by atoms with E-state index in [0.717, 1.165) is 16.7 Å². The predicted molar refractivity (Wildman–Crippen MR) is 67.9 cm³/mol. The van der Waals surface area contributed by atoms with Crippen LogP contribution in [0.3, 0.4) is 0 Å². The standard InChI is InChI=1S/C13H18ClNO/c1-5-15-13(16)12(14)11-7-9(3)8(2)6-10(11)4/h6-7,12H,5H2,1-4H3,(H,15,16). The highest BCUT2D eigenvalue weighted by atomic mass is 35.5. The molecule has 1 aromatic rings. The maximum Gasteiger partial charge on any atom is 0.242 e. The topological polar surface area (TPSA) is 29.1 Å². The molecule has 2 nitrogen and oxygen atoms in total. The molecule has 3 heteroatoms. The van der Waals surface area contributed by atoms with Gasteiger partial charge in [-0.15, -0.1) is 11.6 Å². The van der Waals surface area contributed by atoms with Crippen LogP contribution in [-0.4, -0.2) is 12.5 Å². The second kappa shape index (κ2) is 5.35. The summed E-state index contributed by atoms with van der Waals surface area (Å²) in [5.41, 5.74) is 4.35. The second-order valence-electron chi connectivity index (χ2n) is 4.05. The Labute approximate surface area is 102 Å². The largest absolute Gasteiger partial charge is 0.355 e. The van der Waals surface area contributed by atoms with E-state index in [1.54, 1.807) is 0 Å². The predicted octanol–water partition coefficient (Wildman–Crippen LogP) is 3.03. The zero-order chi connectivity index (χ0) is 12.3. The van der Waals surface area contributed by atoms with Gasteiger partial charge in [-0.05, 0) is 49.9 Å². The Morgan fingerprint density at radius 1 is 1.25 bits per heavy atom. The quantitative estimate of drug-likeness (QED) is 0.808. The van der Waals surface area contributed by atoms with E-state index in [0.29, 0.717) is 6.54 Å². The summed E-state index contributed by atoms with van der Waals surface area (Å²) in [5, 5.41) is 2.14. The van der Waals surface area contributed by atoms with Crippen molar-refractivity contribution < 1.29 is 4.79 Å². The smallest absolute Gasteiger partial charge is 0.242 e. The lowest BCUT2D eigenvalue weighted by Gasteiger charge is -2.14. The molecule has 0 radical (unpaired) electrons. The number of rotatable bonds is 3. The fourth-order valence-corrected chi connectivity index (χ4v) is 1.97. The van der Waals surface area contributed by atoms with Crippen molar-refractivity contribution in [3.05, 3.63) is 34.4 Å². The third-order valence-corrected chi connectivity index (χ3v) is 3.17. The Morgan fingerprint density at radius 2 is 1.81 bits per heavy atom. The van der Waals surface area contributed by atoms with Crippen molar-refractivity contribution in [3.63, 3.8) is 0 Å². The van der Waals surface area contributed by atoms with Crippen molar-refractivity contribution in [2.75, 3.05) is 6.54 Å². The highest BCUT2D eigenvalue weighted by molar-refractivity contribution is 6.30. The van der Waals surface area contributed by atoms with Crippen LogP contribution in [-0.2, 0) is 4.79 Å². The molecule has 0 aliphatic heterocycles. The molecule has 1 atom stereocenters. The number of hydrogen-bond acceptors (Lipinski definition) is 1. The molecule has 16 heavy (non-hydrogen) atoms. The molecule has 1 rings (SSSR count). The Balaban J connectivity index is 3.04. The summed E-state index contributed by atoms with van der Waals surface area (Å²) in [6.07, 6.45) is 0. The summed E-state index contributed by atoms with van der Waals surface area (Å²) < 4.78 is 0. The van der Waals surface area contributed by atoms with Crippen molar-refractivity contribution >= 4 is 17.5 Å². The molecular formula is C13H18ClNO. The van der Waals surface area contributed by atoms with Gasteiger partial charge in [0.2, 0.25) is 5.91 Å². The van der Waals surface area contributed by atoms with Gasteiger partial charge in [0.1, 0.15) is 5.38 Å². The molecule has 0 aromatic heterocycles. The summed E-state index contributed by atoms with van der Waals surface area (Å²) >= 11 is 6.15. The van der Waals surface area contributed by atoms with Gasteiger partial charge in [-0.1, -0.05) is 12.1 Å². The fraction of sp³-hybridized carbons (Fsp3) is 0.462. The average molecular weight is 240 g/mol. The number of aryl methyl sites for hydroxylation is 3. The first-order valence-corrected chi connectivity index (χ1v) is 5.90. The number of hydrogen-bond donors (Lipinski definition) is 1. The minimum Gasteiger partial charge on any atom is -0.355 e. The van der Waals surface area contributed by atoms with Gasteiger partial charge in [-0.2, -0.15) is 0 Å². The molecule has 0 heterocycles. The lowest BCUT2D eigenvalue weighted by molar-refractivity contribution is -0.120. The van der Waals surface area contributed by atoms with Crippen molar-refractivity contribution in [2.24, 2.45) is 0 Å². The van der Waals surface area contributed by atoms with E-state index < -0.39 is 5.38 Å². The SMILES string of the molecule is CCNC(=O)C(Cl)c1cc(C)c(C)cc1C. The fourth-order valence-electron chi connectivity index (χ4n) is 1.66. The number of halogens is 1. The van der Waals surface area contributed by atoms with E-state index in [1.165, 1.54) is 5.56 Å². The van der Waals surface area contributed by atoms with E-state index in [1.807, 2.05) is 26.8 Å². The number of amides is 1. The van der Waals surface area contributed by atoms with Gasteiger partial charge in [-0.25, -0.2) is 0 Å². The third-order valence-electron chi connectivity index (χ3n) is 2.74. The monoisotopic (exact) mass is 239 g/mol. The maximum absolute atomic E-state index is 11.6. The molecule has 0 fully saturated rings. The molecule has 0 spiro atoms. The van der Waals surface area contributed by atoms with Gasteiger partial charge in [0.15, 0.2) is 0 Å². The van der Waals surface area contributed by atoms with Crippen LogP contribution in [0.2, 0.25) is 0 Å². The number of benzene rings is 1. The highest BCUT2D eigenvalue weighted by Gasteiger charge is 2.19. The lowest BCUT2D eigenvalue weighted by Crippen LogP contribution is -2.26. The molecule has 1 N–H and O–H groups in total. The van der Waals surface area contributed by atoms with Crippen molar-refractivity contribution in [1.29, 1.82) is 0 Å². The van der Waals surface area contributed by atoms with Gasteiger partial charge < -0.3 is 5.32 Å². The molecule has 0 saturated carbocycles. The summed E-state index contributed by atoms with van der Waals surface area (Å²) in [6, 6.07) is 4.07. The third kappa shape index (κ3) is 2.76. The number of likely N-dealkylation sites (N-methyl/N-ethyl adjacent to an activating group) is 1. The first kappa shape index (κ1) is 13.0. The van der Waals surface area contributed by atoms with E-state index in [-0.39, 0.29) is 5.91 Å².